The maximum atomic E-state index is 12.9. The number of unbranched alkanes of at least 4 members (excludes halogenated alkanes) is 1. The second kappa shape index (κ2) is 17.7. The molecule has 1 heterocycles. The minimum Gasteiger partial charge on any atom is -0.501 e. The van der Waals surface area contributed by atoms with Gasteiger partial charge in [0.15, 0.2) is 5.69 Å². The Kier molecular flexibility index (Phi) is 16.4. The van der Waals surface area contributed by atoms with Crippen molar-refractivity contribution in [2.24, 2.45) is 7.05 Å². The Hall–Kier alpha value is -2.68. The van der Waals surface area contributed by atoms with E-state index in [9.17, 15) is 18.0 Å². The van der Waals surface area contributed by atoms with Crippen LogP contribution in [0.5, 0.6) is 0 Å². The zero-order chi connectivity index (χ0) is 28.6. The standard InChI is InChI=1S/C26H36F3N3O2S.C2H6/c1-8-12-14-20(34-7)15-19(13-9-2)24(18(5)10-3)35-21(11-4)17-30-25(33)22-16-23(26(27,28)29)31-32(22)6;1-2/h9,11,13,15-16H,2,8,10,12,14,17H2,1,3-7H3,(H,30,33);1-2H3/b19-13+,20-15+,21-11-,24-18?;. The van der Waals surface area contributed by atoms with Crippen LogP contribution in [0, 0.1) is 0 Å². The lowest BCUT2D eigenvalue weighted by Crippen LogP contribution is -2.27. The number of rotatable bonds is 13. The summed E-state index contributed by atoms with van der Waals surface area (Å²) < 4.78 is 45.3. The van der Waals surface area contributed by atoms with Gasteiger partial charge in [-0.05, 0) is 38.3 Å². The molecular weight excluding hydrogens is 499 g/mol. The van der Waals surface area contributed by atoms with E-state index in [4.69, 9.17) is 4.74 Å². The maximum absolute atomic E-state index is 12.9. The smallest absolute Gasteiger partial charge is 0.435 e. The predicted molar refractivity (Wildman–Crippen MR) is 149 cm³/mol. The topological polar surface area (TPSA) is 56.1 Å². The number of amides is 1. The van der Waals surface area contributed by atoms with Crippen LogP contribution in [0.15, 0.2) is 63.7 Å². The number of aromatic nitrogens is 2. The van der Waals surface area contributed by atoms with E-state index in [1.165, 1.54) is 18.8 Å². The molecule has 5 nitrogen and oxygen atoms in total. The van der Waals surface area contributed by atoms with Gasteiger partial charge in [-0.1, -0.05) is 76.3 Å². The van der Waals surface area contributed by atoms with Crippen LogP contribution in [0.2, 0.25) is 0 Å². The summed E-state index contributed by atoms with van der Waals surface area (Å²) in [6.45, 7) is 16.1. The van der Waals surface area contributed by atoms with Crippen molar-refractivity contribution in [2.75, 3.05) is 13.7 Å². The molecule has 1 aromatic rings. The van der Waals surface area contributed by atoms with Crippen molar-refractivity contribution in [2.45, 2.75) is 73.4 Å². The van der Waals surface area contributed by atoms with Crippen LogP contribution in [-0.4, -0.2) is 29.3 Å². The van der Waals surface area contributed by atoms with Gasteiger partial charge in [-0.15, -0.1) is 0 Å². The molecule has 1 amide bonds. The van der Waals surface area contributed by atoms with Gasteiger partial charge in [0, 0.05) is 35.9 Å². The zero-order valence-electron chi connectivity index (χ0n) is 23.4. The normalized spacial score (nSPS) is 13.4. The molecule has 0 aliphatic heterocycles. The highest BCUT2D eigenvalue weighted by molar-refractivity contribution is 8.07. The lowest BCUT2D eigenvalue weighted by atomic mass is 10.1. The summed E-state index contributed by atoms with van der Waals surface area (Å²) in [7, 11) is 2.97. The van der Waals surface area contributed by atoms with Crippen molar-refractivity contribution < 1.29 is 22.7 Å². The van der Waals surface area contributed by atoms with Crippen LogP contribution in [0.4, 0.5) is 13.2 Å². The summed E-state index contributed by atoms with van der Waals surface area (Å²) in [4.78, 5) is 14.4. The number of thioether (sulfide) groups is 1. The van der Waals surface area contributed by atoms with Crippen molar-refractivity contribution in [1.29, 1.82) is 0 Å². The Labute approximate surface area is 224 Å². The number of halogens is 3. The second-order valence-corrected chi connectivity index (χ2v) is 8.95. The van der Waals surface area contributed by atoms with Crippen molar-refractivity contribution >= 4 is 17.7 Å². The third-order valence-corrected chi connectivity index (χ3v) is 6.64. The number of methoxy groups -OCH3 is 1. The number of alkyl halides is 3. The Morgan fingerprint density at radius 3 is 2.41 bits per heavy atom. The Balaban J connectivity index is 0.00000631. The lowest BCUT2D eigenvalue weighted by molar-refractivity contribution is -0.141. The van der Waals surface area contributed by atoms with Gasteiger partial charge in [0.05, 0.1) is 12.9 Å². The first-order valence-electron chi connectivity index (χ1n) is 12.5. The van der Waals surface area contributed by atoms with Gasteiger partial charge in [0.2, 0.25) is 0 Å². The molecule has 0 saturated heterocycles. The molecule has 9 heteroatoms. The molecule has 1 aromatic heterocycles. The second-order valence-electron chi connectivity index (χ2n) is 7.81. The fourth-order valence-corrected chi connectivity index (χ4v) is 4.12. The fraction of sp³-hybridized carbons (Fsp3) is 0.500. The van der Waals surface area contributed by atoms with Gasteiger partial charge in [-0.3, -0.25) is 9.48 Å². The van der Waals surface area contributed by atoms with Crippen molar-refractivity contribution in [3.63, 3.8) is 0 Å². The number of ether oxygens (including phenoxy) is 1. The van der Waals surface area contributed by atoms with Crippen LogP contribution < -0.4 is 5.32 Å². The van der Waals surface area contributed by atoms with Crippen LogP contribution in [-0.2, 0) is 18.0 Å². The number of hydrogen-bond donors (Lipinski definition) is 1. The average molecular weight is 542 g/mol. The SMILES string of the molecule is C=C/C=C(\C=C(/CCCC)OC)C(S/C(=C\C)CNC(=O)c1cc(C(F)(F)F)nn1C)=C(C)CC.CC. The van der Waals surface area contributed by atoms with Crippen LogP contribution >= 0.6 is 11.8 Å². The molecule has 0 aliphatic rings. The molecule has 208 valence electrons. The van der Waals surface area contributed by atoms with E-state index in [1.54, 1.807) is 13.2 Å². The Morgan fingerprint density at radius 2 is 1.95 bits per heavy atom. The van der Waals surface area contributed by atoms with Crippen LogP contribution in [0.1, 0.15) is 83.4 Å². The fourth-order valence-electron chi connectivity index (χ4n) is 3.03. The molecule has 0 unspecified atom stereocenters. The van der Waals surface area contributed by atoms with Gasteiger partial charge in [0.1, 0.15) is 5.69 Å². The minimum absolute atomic E-state index is 0.158. The molecular formula is C28H42F3N3O2S. The lowest BCUT2D eigenvalue weighted by Gasteiger charge is -2.17. The van der Waals surface area contributed by atoms with E-state index in [-0.39, 0.29) is 12.2 Å². The molecule has 0 spiro atoms. The number of aryl methyl sites for hydroxylation is 1. The summed E-state index contributed by atoms with van der Waals surface area (Å²) in [5.41, 5.74) is 0.841. The summed E-state index contributed by atoms with van der Waals surface area (Å²) >= 11 is 1.51. The Morgan fingerprint density at radius 1 is 1.30 bits per heavy atom. The van der Waals surface area contributed by atoms with E-state index < -0.39 is 17.8 Å². The molecule has 0 bridgehead atoms. The summed E-state index contributed by atoms with van der Waals surface area (Å²) in [6.07, 6.45) is 6.62. The van der Waals surface area contributed by atoms with Crippen molar-refractivity contribution in [1.82, 2.24) is 15.1 Å². The highest BCUT2D eigenvalue weighted by atomic mass is 32.2. The van der Waals surface area contributed by atoms with E-state index in [0.29, 0.717) is 0 Å². The molecule has 0 aliphatic carbocycles. The van der Waals surface area contributed by atoms with Crippen molar-refractivity contribution in [3.8, 4) is 0 Å². The van der Waals surface area contributed by atoms with Gasteiger partial charge in [-0.25, -0.2) is 0 Å². The van der Waals surface area contributed by atoms with E-state index in [0.717, 1.165) is 63.1 Å². The first-order chi connectivity index (χ1) is 17.5. The third-order valence-electron chi connectivity index (χ3n) is 5.21. The number of hydrogen-bond acceptors (Lipinski definition) is 4. The van der Waals surface area contributed by atoms with E-state index in [2.05, 4.69) is 30.8 Å². The van der Waals surface area contributed by atoms with E-state index in [1.807, 2.05) is 45.9 Å². The molecule has 0 aromatic carbocycles. The molecule has 37 heavy (non-hydrogen) atoms. The van der Waals surface area contributed by atoms with E-state index >= 15 is 0 Å². The highest BCUT2D eigenvalue weighted by Gasteiger charge is 2.35. The van der Waals surface area contributed by atoms with Crippen molar-refractivity contribution in [3.05, 3.63) is 75.1 Å². The molecule has 0 saturated carbocycles. The molecule has 1 N–H and O–H groups in total. The number of nitrogens with one attached hydrogen (secondary N) is 1. The first-order valence-corrected chi connectivity index (χ1v) is 13.3. The predicted octanol–water partition coefficient (Wildman–Crippen LogP) is 8.35. The Bertz CT molecular complexity index is 1000. The maximum Gasteiger partial charge on any atom is 0.435 e. The summed E-state index contributed by atoms with van der Waals surface area (Å²) in [6, 6.07) is 0.753. The van der Waals surface area contributed by atoms with Crippen LogP contribution in [0.25, 0.3) is 0 Å². The average Bonchev–Trinajstić information content (AvgIpc) is 3.29. The minimum atomic E-state index is -4.61. The molecule has 1 rings (SSSR count). The summed E-state index contributed by atoms with van der Waals surface area (Å²) in [5, 5.41) is 6.11. The van der Waals surface area contributed by atoms with Gasteiger partial charge in [0.25, 0.3) is 5.91 Å². The van der Waals surface area contributed by atoms with Gasteiger partial charge >= 0.3 is 6.18 Å². The molecule has 0 fully saturated rings. The molecule has 0 atom stereocenters. The van der Waals surface area contributed by atoms with Gasteiger partial charge < -0.3 is 10.1 Å². The number of carbonyl (C=O) groups is 1. The number of allylic oxidation sites excluding steroid dienone is 7. The highest BCUT2D eigenvalue weighted by Crippen LogP contribution is 2.36. The first kappa shape index (κ1) is 34.3. The zero-order valence-corrected chi connectivity index (χ0v) is 24.2. The third kappa shape index (κ3) is 11.5. The quantitative estimate of drug-likeness (QED) is 0.201. The largest absolute Gasteiger partial charge is 0.501 e. The monoisotopic (exact) mass is 541 g/mol. The summed E-state index contributed by atoms with van der Waals surface area (Å²) in [5.74, 6) is 0.241. The van der Waals surface area contributed by atoms with Gasteiger partial charge in [-0.2, -0.15) is 18.3 Å². The van der Waals surface area contributed by atoms with Crippen LogP contribution in [0.3, 0.4) is 0 Å². The number of carbonyl (C=O) groups excluding carboxylic acids is 1. The molecule has 0 radical (unpaired) electrons. The number of nitrogens with zero attached hydrogens (tertiary/aromatic N) is 2.